The van der Waals surface area contributed by atoms with Crippen LogP contribution in [-0.4, -0.2) is 12.8 Å². The second kappa shape index (κ2) is 27.0. The van der Waals surface area contributed by atoms with E-state index >= 15 is 0 Å². The number of rotatable bonds is 13. The zero-order valence-electron chi connectivity index (χ0n) is 46.4. The van der Waals surface area contributed by atoms with E-state index in [4.69, 9.17) is 5.73 Å². The quantitative estimate of drug-likeness (QED) is 0.0893. The Morgan fingerprint density at radius 3 is 2.00 bits per heavy atom. The van der Waals surface area contributed by atoms with Crippen molar-refractivity contribution in [1.29, 1.82) is 0 Å². The minimum atomic E-state index is 0.305. The molecule has 0 bridgehead atoms. The van der Waals surface area contributed by atoms with Crippen LogP contribution in [-0.2, 0) is 19.3 Å². The molecule has 1 aliphatic heterocycles. The van der Waals surface area contributed by atoms with E-state index in [-0.39, 0.29) is 0 Å². The number of aliphatic imine (C=N–C) groups is 1. The van der Waals surface area contributed by atoms with Crippen LogP contribution in [0.4, 0.5) is 17.1 Å². The number of fused-ring (bicyclic) bond motifs is 3. The molecule has 0 fully saturated rings. The smallest absolute Gasteiger partial charge is 0.0424 e. The van der Waals surface area contributed by atoms with Crippen LogP contribution in [0.15, 0.2) is 279 Å². The Hall–Kier alpha value is -9.05. The molecular weight excluding hydrogens is 967 g/mol. The van der Waals surface area contributed by atoms with E-state index < -0.39 is 0 Å². The Kier molecular flexibility index (Phi) is 18.3. The number of nitrogens with zero attached hydrogens (tertiary/aromatic N) is 1. The number of nitrogens with one attached hydrogen (secondary N) is 1. The van der Waals surface area contributed by atoms with Gasteiger partial charge in [-0.2, -0.15) is 0 Å². The van der Waals surface area contributed by atoms with E-state index in [2.05, 4.69) is 243 Å². The van der Waals surface area contributed by atoms with Crippen molar-refractivity contribution in [3.05, 3.63) is 318 Å². The maximum Gasteiger partial charge on any atom is 0.0424 e. The van der Waals surface area contributed by atoms with Gasteiger partial charge in [-0.3, -0.25) is 4.99 Å². The fourth-order valence-electron chi connectivity index (χ4n) is 11.2. The molecule has 0 saturated heterocycles. The maximum absolute atomic E-state index is 6.79. The molecule has 4 aliphatic rings. The molecule has 3 atom stereocenters. The third kappa shape index (κ3) is 14.0. The SMILES string of the molecule is C=C/C=C\C(=C/C)c1ccc(N)c(-c2cc(Cc3ccc(-c4ccc(Nc5ccc6c(c5)-c5cc(C7=CCCN=C7)ccc5CC6c5ccccc5)cc4)cc3)ccc2CC2C=CC=CC2)c1.CC1C=CC=CC1.c1ccccc1. The summed E-state index contributed by atoms with van der Waals surface area (Å²) < 4.78 is 0. The van der Waals surface area contributed by atoms with Crippen LogP contribution >= 0.6 is 0 Å². The molecule has 1 heterocycles. The van der Waals surface area contributed by atoms with Crippen LogP contribution in [0.25, 0.3) is 44.5 Å². The number of hydrogen-bond acceptors (Lipinski definition) is 3. The second-order valence-electron chi connectivity index (χ2n) is 21.2. The first-order valence-corrected chi connectivity index (χ1v) is 28.5. The largest absolute Gasteiger partial charge is 0.398 e. The highest BCUT2D eigenvalue weighted by molar-refractivity contribution is 6.10. The highest BCUT2D eigenvalue weighted by Gasteiger charge is 2.27. The molecular formula is C77H73N3. The van der Waals surface area contributed by atoms with Gasteiger partial charge in [0.2, 0.25) is 0 Å². The minimum Gasteiger partial charge on any atom is -0.398 e. The van der Waals surface area contributed by atoms with E-state index in [9.17, 15) is 0 Å². The number of anilines is 3. The zero-order chi connectivity index (χ0) is 54.9. The fraction of sp³-hybridized carbons (Fsp3) is 0.156. The van der Waals surface area contributed by atoms with Crippen LogP contribution < -0.4 is 11.1 Å². The molecule has 0 aromatic heterocycles. The summed E-state index contributed by atoms with van der Waals surface area (Å²) in [7, 11) is 0. The first kappa shape index (κ1) is 54.3. The summed E-state index contributed by atoms with van der Waals surface area (Å²) in [6, 6.07) is 68.1. The van der Waals surface area contributed by atoms with Crippen LogP contribution in [0, 0.1) is 11.8 Å². The summed E-state index contributed by atoms with van der Waals surface area (Å²) in [5.74, 6) is 1.53. The molecule has 0 radical (unpaired) electrons. The first-order valence-electron chi connectivity index (χ1n) is 28.5. The molecule has 3 nitrogen and oxygen atoms in total. The van der Waals surface area contributed by atoms with Gasteiger partial charge in [-0.1, -0.05) is 238 Å². The molecule has 396 valence electrons. The molecule has 8 aromatic carbocycles. The summed E-state index contributed by atoms with van der Waals surface area (Å²) in [4.78, 5) is 4.58. The van der Waals surface area contributed by atoms with E-state index in [1.165, 1.54) is 78.8 Å². The lowest BCUT2D eigenvalue weighted by atomic mass is 9.75. The van der Waals surface area contributed by atoms with Gasteiger partial charge >= 0.3 is 0 Å². The summed E-state index contributed by atoms with van der Waals surface area (Å²) in [6.45, 7) is 9.04. The number of dihydropyridines is 1. The summed E-state index contributed by atoms with van der Waals surface area (Å²) in [6.07, 6.45) is 36.0. The van der Waals surface area contributed by atoms with Crippen molar-refractivity contribution in [1.82, 2.24) is 0 Å². The maximum atomic E-state index is 6.79. The molecule has 0 amide bonds. The van der Waals surface area contributed by atoms with Crippen LogP contribution in [0.3, 0.4) is 0 Å². The van der Waals surface area contributed by atoms with Gasteiger partial charge in [-0.05, 0) is 183 Å². The molecule has 3 heteroatoms. The Labute approximate surface area is 476 Å². The van der Waals surface area contributed by atoms with Crippen molar-refractivity contribution < 1.29 is 0 Å². The normalized spacial score (nSPS) is 16.8. The van der Waals surface area contributed by atoms with Crippen molar-refractivity contribution in [2.24, 2.45) is 16.8 Å². The van der Waals surface area contributed by atoms with Crippen molar-refractivity contribution in [3.63, 3.8) is 0 Å². The lowest BCUT2D eigenvalue weighted by Gasteiger charge is -2.29. The molecule has 3 N–H and O–H groups in total. The number of hydrogen-bond donors (Lipinski definition) is 2. The predicted molar refractivity (Wildman–Crippen MR) is 346 cm³/mol. The lowest BCUT2D eigenvalue weighted by molar-refractivity contribution is 0.654. The average Bonchev–Trinajstić information content (AvgIpc) is 3.64. The second-order valence-corrected chi connectivity index (χ2v) is 21.2. The number of nitrogens with two attached hydrogens (primary N) is 1. The highest BCUT2D eigenvalue weighted by Crippen LogP contribution is 2.45. The molecule has 3 unspecified atom stereocenters. The Balaban J connectivity index is 0.000000487. The average molecular weight is 1040 g/mol. The van der Waals surface area contributed by atoms with Crippen LogP contribution in [0.5, 0.6) is 0 Å². The Morgan fingerprint density at radius 1 is 0.637 bits per heavy atom. The van der Waals surface area contributed by atoms with E-state index in [0.29, 0.717) is 11.8 Å². The van der Waals surface area contributed by atoms with Crippen molar-refractivity contribution in [2.75, 3.05) is 17.6 Å². The minimum absolute atomic E-state index is 0.305. The molecule has 80 heavy (non-hydrogen) atoms. The van der Waals surface area contributed by atoms with Crippen LogP contribution in [0.2, 0.25) is 0 Å². The van der Waals surface area contributed by atoms with Crippen molar-refractivity contribution >= 4 is 34.4 Å². The van der Waals surface area contributed by atoms with E-state index in [0.717, 1.165) is 78.3 Å². The van der Waals surface area contributed by atoms with E-state index in [1.54, 1.807) is 0 Å². The lowest BCUT2D eigenvalue weighted by Crippen LogP contribution is -2.13. The topological polar surface area (TPSA) is 50.4 Å². The Morgan fingerprint density at radius 2 is 1.34 bits per heavy atom. The van der Waals surface area contributed by atoms with Gasteiger partial charge in [0.1, 0.15) is 0 Å². The monoisotopic (exact) mass is 1040 g/mol. The van der Waals surface area contributed by atoms with Crippen molar-refractivity contribution in [2.45, 2.75) is 58.3 Å². The standard InChI is InChI=1S/C64H57N3.C7H10.C6H6/c1-3-5-15-47(4-2)51-29-34-64(65)63(40-51)59-38-46(21-24-53(59)37-44-13-8-6-9-14-44)36-45-19-22-48(23-20-45)49-27-30-56(31-28-49)67-57-32-33-58-60(50-16-10-7-11-17-50)41-54-26-25-52(39-61(54)62(58)42-57)55-18-12-35-66-43-55;1-7-5-3-2-4-6-7;1-2-4-6-5-3-1/h3-11,13,15-34,38-40,42-44,60,67H,1,12,14,35-37,41,65H2,2H3;2-5,7H,6H2,1H3;1-6H/b15-5-,47-4+;;. The molecule has 0 spiro atoms. The third-order valence-corrected chi connectivity index (χ3v) is 15.5. The third-order valence-electron chi connectivity index (χ3n) is 15.5. The fourth-order valence-corrected chi connectivity index (χ4v) is 11.2. The Bertz CT molecular complexity index is 3610. The number of allylic oxidation sites excluding steroid dienone is 14. The number of nitrogen functional groups attached to an aromatic ring is 1. The van der Waals surface area contributed by atoms with E-state index in [1.807, 2.05) is 60.8 Å². The predicted octanol–water partition coefficient (Wildman–Crippen LogP) is 19.8. The van der Waals surface area contributed by atoms with Gasteiger partial charge in [0.15, 0.2) is 0 Å². The molecule has 0 saturated carbocycles. The van der Waals surface area contributed by atoms with Gasteiger partial charge in [0.05, 0.1) is 0 Å². The summed E-state index contributed by atoms with van der Waals surface area (Å²) >= 11 is 0. The number of benzene rings is 8. The summed E-state index contributed by atoms with van der Waals surface area (Å²) in [5.41, 5.74) is 29.7. The van der Waals surface area contributed by atoms with Crippen LogP contribution in [0.1, 0.15) is 83.5 Å². The van der Waals surface area contributed by atoms with Gasteiger partial charge in [-0.25, -0.2) is 0 Å². The molecule has 12 rings (SSSR count). The molecule has 8 aromatic rings. The van der Waals surface area contributed by atoms with Gasteiger partial charge < -0.3 is 11.1 Å². The van der Waals surface area contributed by atoms with Gasteiger partial charge in [0.25, 0.3) is 0 Å². The van der Waals surface area contributed by atoms with Crippen molar-refractivity contribution in [3.8, 4) is 33.4 Å². The van der Waals surface area contributed by atoms with Gasteiger partial charge in [-0.15, -0.1) is 0 Å². The first-order chi connectivity index (χ1) is 39.4. The highest BCUT2D eigenvalue weighted by atomic mass is 14.9. The zero-order valence-corrected chi connectivity index (χ0v) is 46.4. The molecule has 3 aliphatic carbocycles. The summed E-state index contributed by atoms with van der Waals surface area (Å²) in [5, 5.41) is 3.74. The van der Waals surface area contributed by atoms with Gasteiger partial charge in [0, 0.05) is 41.3 Å².